The molecule has 0 aromatic carbocycles. The van der Waals surface area contributed by atoms with Gasteiger partial charge in [0.25, 0.3) is 0 Å². The number of aliphatic hydroxyl groups is 4. The first-order valence-corrected chi connectivity index (χ1v) is 9.83. The predicted molar refractivity (Wildman–Crippen MR) is 102 cm³/mol. The Morgan fingerprint density at radius 1 is 0.483 bits per heavy atom. The largest absolute Gasteiger partial charge is 0.394 e. The number of epoxide rings is 2. The Bertz CT molecular complexity index is 258. The van der Waals surface area contributed by atoms with Crippen molar-refractivity contribution in [2.24, 2.45) is 0 Å². The van der Waals surface area contributed by atoms with Gasteiger partial charge < -0.3 is 53.6 Å². The average Bonchev–Trinajstić information content (AvgIpc) is 3.65. The Hall–Kier alpha value is -0.440. The monoisotopic (exact) mass is 430 g/mol. The summed E-state index contributed by atoms with van der Waals surface area (Å²) >= 11 is 0. The maximum Gasteiger partial charge on any atom is 0.104 e. The average molecular weight is 430 g/mol. The zero-order valence-corrected chi connectivity index (χ0v) is 17.1. The molecule has 2 saturated heterocycles. The van der Waals surface area contributed by atoms with Crippen LogP contribution in [0.2, 0.25) is 0 Å². The highest BCUT2D eigenvalue weighted by Crippen LogP contribution is 2.12. The van der Waals surface area contributed by atoms with Crippen molar-refractivity contribution in [3.05, 3.63) is 0 Å². The third kappa shape index (κ3) is 27.6. The van der Waals surface area contributed by atoms with Gasteiger partial charge in [0, 0.05) is 0 Å². The first-order valence-electron chi connectivity index (χ1n) is 9.83. The van der Waals surface area contributed by atoms with Crippen molar-refractivity contribution in [3.8, 4) is 0 Å². The number of hydrogen-bond donors (Lipinski definition) is 4. The van der Waals surface area contributed by atoms with Gasteiger partial charge in [0.15, 0.2) is 0 Å². The molecule has 2 aliphatic heterocycles. The van der Waals surface area contributed by atoms with Crippen LogP contribution in [0.4, 0.5) is 0 Å². The van der Waals surface area contributed by atoms with Gasteiger partial charge in [0.2, 0.25) is 0 Å². The van der Waals surface area contributed by atoms with Crippen LogP contribution in [0, 0.1) is 0 Å². The topological polar surface area (TPSA) is 152 Å². The molecule has 2 aliphatic rings. The van der Waals surface area contributed by atoms with Gasteiger partial charge in [-0.1, -0.05) is 0 Å². The Kier molecular flexibility index (Phi) is 23.5. The van der Waals surface area contributed by atoms with Gasteiger partial charge in [-0.2, -0.15) is 0 Å². The molecular weight excluding hydrogens is 392 g/mol. The van der Waals surface area contributed by atoms with Gasteiger partial charge in [-0.05, 0) is 0 Å². The van der Waals surface area contributed by atoms with E-state index in [2.05, 4.69) is 0 Å². The van der Waals surface area contributed by atoms with E-state index in [1.165, 1.54) is 0 Å². The van der Waals surface area contributed by atoms with Crippen molar-refractivity contribution in [1.82, 2.24) is 0 Å². The Labute approximate surface area is 172 Å². The van der Waals surface area contributed by atoms with Crippen LogP contribution < -0.4 is 0 Å². The van der Waals surface area contributed by atoms with E-state index in [0.717, 1.165) is 26.4 Å². The summed E-state index contributed by atoms with van der Waals surface area (Å²) in [6.45, 7) is 6.72. The molecule has 2 heterocycles. The summed E-state index contributed by atoms with van der Waals surface area (Å²) < 4.78 is 34.6. The van der Waals surface area contributed by atoms with E-state index in [0.29, 0.717) is 65.1 Å². The van der Waals surface area contributed by atoms with E-state index < -0.39 is 0 Å². The lowest BCUT2D eigenvalue weighted by Crippen LogP contribution is -2.09. The van der Waals surface area contributed by atoms with Crippen molar-refractivity contribution in [2.75, 3.05) is 106 Å². The fourth-order valence-corrected chi connectivity index (χ4v) is 1.56. The molecule has 176 valence electrons. The molecule has 0 spiro atoms. The van der Waals surface area contributed by atoms with E-state index in [1.807, 2.05) is 0 Å². The molecule has 0 aliphatic carbocycles. The summed E-state index contributed by atoms with van der Waals surface area (Å²) in [5.41, 5.74) is 0. The fraction of sp³-hybridized carbons (Fsp3) is 1.00. The third-order valence-corrected chi connectivity index (χ3v) is 3.10. The number of hydrogen-bond acceptors (Lipinski definition) is 11. The van der Waals surface area contributed by atoms with Crippen molar-refractivity contribution < 1.29 is 53.6 Å². The predicted octanol–water partition coefficient (Wildman–Crippen LogP) is -2.19. The molecule has 0 saturated carbocycles. The molecule has 0 aromatic heterocycles. The van der Waals surface area contributed by atoms with Crippen LogP contribution in [0.1, 0.15) is 0 Å². The minimum absolute atomic E-state index is 0.0417. The Morgan fingerprint density at radius 3 is 0.966 bits per heavy atom. The lowest BCUT2D eigenvalue weighted by molar-refractivity contribution is 0.0222. The van der Waals surface area contributed by atoms with E-state index in [9.17, 15) is 0 Å². The summed E-state index contributed by atoms with van der Waals surface area (Å²) in [7, 11) is 0. The van der Waals surface area contributed by atoms with E-state index >= 15 is 0 Å². The highest BCUT2D eigenvalue weighted by molar-refractivity contribution is 4.71. The molecular formula is C18H38O11. The highest BCUT2D eigenvalue weighted by Gasteiger charge is 2.26. The van der Waals surface area contributed by atoms with Crippen molar-refractivity contribution >= 4 is 0 Å². The molecule has 29 heavy (non-hydrogen) atoms. The van der Waals surface area contributed by atoms with Gasteiger partial charge >= 0.3 is 0 Å². The van der Waals surface area contributed by atoms with E-state index in [4.69, 9.17) is 53.6 Å². The molecule has 4 N–H and O–H groups in total. The van der Waals surface area contributed by atoms with E-state index in [1.54, 1.807) is 0 Å². The minimum Gasteiger partial charge on any atom is -0.394 e. The third-order valence-electron chi connectivity index (χ3n) is 3.10. The smallest absolute Gasteiger partial charge is 0.104 e. The molecule has 0 amide bonds. The molecule has 0 aromatic rings. The number of ether oxygens (including phenoxy) is 7. The lowest BCUT2D eigenvalue weighted by atomic mass is 10.5. The Balaban J connectivity index is 0.000000405. The van der Waals surface area contributed by atoms with Crippen LogP contribution in [-0.4, -0.2) is 138 Å². The highest BCUT2D eigenvalue weighted by atomic mass is 16.6. The second-order valence-electron chi connectivity index (χ2n) is 5.79. The van der Waals surface area contributed by atoms with Gasteiger partial charge in [-0.25, -0.2) is 0 Å². The maximum absolute atomic E-state index is 8.26. The summed E-state index contributed by atoms with van der Waals surface area (Å²) in [6.07, 6.45) is 0.785. The molecule has 11 heteroatoms. The second-order valence-corrected chi connectivity index (χ2v) is 5.79. The van der Waals surface area contributed by atoms with Crippen molar-refractivity contribution in [2.45, 2.75) is 12.2 Å². The van der Waals surface area contributed by atoms with Crippen LogP contribution >= 0.6 is 0 Å². The van der Waals surface area contributed by atoms with Crippen LogP contribution in [-0.2, 0) is 33.2 Å². The van der Waals surface area contributed by atoms with Crippen LogP contribution in [0.25, 0.3) is 0 Å². The zero-order valence-electron chi connectivity index (χ0n) is 17.1. The Morgan fingerprint density at radius 2 is 0.759 bits per heavy atom. The van der Waals surface area contributed by atoms with Gasteiger partial charge in [0.1, 0.15) is 12.2 Å². The zero-order chi connectivity index (χ0) is 21.4. The normalized spacial score (nSPS) is 19.0. The summed E-state index contributed by atoms with van der Waals surface area (Å²) in [4.78, 5) is 0. The summed E-state index contributed by atoms with van der Waals surface area (Å²) in [5, 5.41) is 33.1. The number of aliphatic hydroxyl groups excluding tert-OH is 4. The summed E-state index contributed by atoms with van der Waals surface area (Å²) in [5.74, 6) is 0. The van der Waals surface area contributed by atoms with Crippen LogP contribution in [0.15, 0.2) is 0 Å². The van der Waals surface area contributed by atoms with Crippen LogP contribution in [0.3, 0.4) is 0 Å². The maximum atomic E-state index is 8.26. The second kappa shape index (κ2) is 23.8. The van der Waals surface area contributed by atoms with E-state index in [-0.39, 0.29) is 26.4 Å². The van der Waals surface area contributed by atoms with Crippen LogP contribution in [0.5, 0.6) is 0 Å². The molecule has 2 rings (SSSR count). The van der Waals surface area contributed by atoms with Crippen molar-refractivity contribution in [1.29, 1.82) is 0 Å². The summed E-state index contributed by atoms with van der Waals surface area (Å²) in [6, 6.07) is 0. The fourth-order valence-electron chi connectivity index (χ4n) is 1.56. The molecule has 0 radical (unpaired) electrons. The molecule has 11 nitrogen and oxygen atoms in total. The molecule has 0 bridgehead atoms. The lowest BCUT2D eigenvalue weighted by Gasteiger charge is -2.01. The number of rotatable bonds is 18. The molecule has 2 unspecified atom stereocenters. The molecule has 2 atom stereocenters. The quantitative estimate of drug-likeness (QED) is 0.139. The standard InChI is InChI=1S/2C6H14O4.C6H10O3/c2*7-1-3-9-5-6-10-4-2-8;1(5-3-8-5)7-2-6-4-9-6/h2*7-8H,1-6H2;5-6H,1-4H2. The van der Waals surface area contributed by atoms with Crippen molar-refractivity contribution in [3.63, 3.8) is 0 Å². The minimum atomic E-state index is 0.0417. The first kappa shape index (κ1) is 28.6. The van der Waals surface area contributed by atoms with Gasteiger partial charge in [0.05, 0.1) is 106 Å². The first-order chi connectivity index (χ1) is 14.3. The van der Waals surface area contributed by atoms with Gasteiger partial charge in [-0.3, -0.25) is 0 Å². The molecule has 2 fully saturated rings. The SMILES string of the molecule is C(OCC1CO1)C1CO1.OCCOCCOCCO.OCCOCCOCCO. The van der Waals surface area contributed by atoms with Gasteiger partial charge in [-0.15, -0.1) is 0 Å².